The standard InChI is InChI=1S/C26H33N7O2/c1-15-21(16(2)32-31-15)19-9-8-18(14-27-19)29-25(35)23(30-24(34)20-10-13-28-33(20)4)22(17-6-5-7-17)26(3)11-12-26/h8-10,13-14,17,22-23H,5-7,11-12H2,1-4H3,(H,29,35)(H,30,34)(H,31,32)/t22?,23-/m0/s1. The highest BCUT2D eigenvalue weighted by Gasteiger charge is 2.54. The highest BCUT2D eigenvalue weighted by Crippen LogP contribution is 2.58. The number of anilines is 1. The second kappa shape index (κ2) is 8.94. The third-order valence-electron chi connectivity index (χ3n) is 7.90. The lowest BCUT2D eigenvalue weighted by molar-refractivity contribution is -0.121. The zero-order valence-corrected chi connectivity index (χ0v) is 20.8. The molecule has 0 aromatic carbocycles. The van der Waals surface area contributed by atoms with Gasteiger partial charge in [0.25, 0.3) is 5.91 Å². The van der Waals surface area contributed by atoms with Crippen molar-refractivity contribution in [1.82, 2.24) is 30.3 Å². The Morgan fingerprint density at radius 1 is 1.20 bits per heavy atom. The molecule has 3 aromatic heterocycles. The van der Waals surface area contributed by atoms with Gasteiger partial charge in [-0.1, -0.05) is 26.2 Å². The number of carbonyl (C=O) groups excluding carboxylic acids is 2. The zero-order chi connectivity index (χ0) is 24.7. The number of carbonyl (C=O) groups is 2. The molecule has 0 aliphatic heterocycles. The van der Waals surface area contributed by atoms with Gasteiger partial charge in [-0.2, -0.15) is 10.2 Å². The van der Waals surface area contributed by atoms with Crippen LogP contribution in [0.1, 0.15) is 60.9 Å². The summed E-state index contributed by atoms with van der Waals surface area (Å²) in [5.74, 6) is 0.0587. The van der Waals surface area contributed by atoms with Gasteiger partial charge in [0.05, 0.1) is 23.3 Å². The normalized spacial score (nSPS) is 18.4. The molecule has 9 heteroatoms. The maximum absolute atomic E-state index is 13.7. The highest BCUT2D eigenvalue weighted by molar-refractivity contribution is 6.00. The minimum Gasteiger partial charge on any atom is -0.339 e. The molecule has 0 bridgehead atoms. The van der Waals surface area contributed by atoms with Gasteiger partial charge < -0.3 is 10.6 Å². The molecule has 3 N–H and O–H groups in total. The maximum atomic E-state index is 13.7. The first kappa shape index (κ1) is 23.3. The summed E-state index contributed by atoms with van der Waals surface area (Å²) >= 11 is 0. The van der Waals surface area contributed by atoms with Gasteiger partial charge in [0.15, 0.2) is 0 Å². The number of nitrogens with zero attached hydrogens (tertiary/aromatic N) is 4. The van der Waals surface area contributed by atoms with Crippen molar-refractivity contribution >= 4 is 17.5 Å². The fourth-order valence-corrected chi connectivity index (χ4v) is 5.47. The number of nitrogens with one attached hydrogen (secondary N) is 3. The van der Waals surface area contributed by atoms with E-state index in [2.05, 4.69) is 37.8 Å². The molecule has 9 nitrogen and oxygen atoms in total. The van der Waals surface area contributed by atoms with Crippen LogP contribution >= 0.6 is 0 Å². The molecule has 5 rings (SSSR count). The van der Waals surface area contributed by atoms with E-state index in [1.807, 2.05) is 26.0 Å². The lowest BCUT2D eigenvalue weighted by Gasteiger charge is -2.42. The van der Waals surface area contributed by atoms with E-state index >= 15 is 0 Å². The first-order chi connectivity index (χ1) is 16.8. The Kier molecular flexibility index (Phi) is 5.94. The van der Waals surface area contributed by atoms with E-state index in [1.54, 1.807) is 25.5 Å². The Labute approximate surface area is 205 Å². The molecule has 3 aromatic rings. The predicted molar refractivity (Wildman–Crippen MR) is 133 cm³/mol. The van der Waals surface area contributed by atoms with E-state index in [0.29, 0.717) is 17.3 Å². The largest absolute Gasteiger partial charge is 0.339 e. The van der Waals surface area contributed by atoms with Crippen molar-refractivity contribution in [3.8, 4) is 11.3 Å². The van der Waals surface area contributed by atoms with Gasteiger partial charge in [0.2, 0.25) is 5.91 Å². The molecule has 2 atom stereocenters. The number of pyridine rings is 1. The third-order valence-corrected chi connectivity index (χ3v) is 7.90. The predicted octanol–water partition coefficient (Wildman–Crippen LogP) is 3.78. The molecule has 3 heterocycles. The summed E-state index contributed by atoms with van der Waals surface area (Å²) in [6.45, 7) is 6.14. The van der Waals surface area contributed by atoms with Gasteiger partial charge in [0, 0.05) is 24.5 Å². The second-order valence-corrected chi connectivity index (χ2v) is 10.4. The number of amides is 2. The lowest BCUT2D eigenvalue weighted by Crippen LogP contribution is -2.54. The van der Waals surface area contributed by atoms with Crippen molar-refractivity contribution in [2.75, 3.05) is 5.32 Å². The number of hydrogen-bond donors (Lipinski definition) is 3. The minimum atomic E-state index is -0.631. The van der Waals surface area contributed by atoms with Crippen LogP contribution in [0.2, 0.25) is 0 Å². The quantitative estimate of drug-likeness (QED) is 0.458. The van der Waals surface area contributed by atoms with Gasteiger partial charge in [-0.3, -0.25) is 24.4 Å². The van der Waals surface area contributed by atoms with E-state index in [1.165, 1.54) is 11.1 Å². The Morgan fingerprint density at radius 3 is 2.49 bits per heavy atom. The number of aryl methyl sites for hydroxylation is 3. The summed E-state index contributed by atoms with van der Waals surface area (Å²) in [4.78, 5) is 31.4. The maximum Gasteiger partial charge on any atom is 0.270 e. The Hall–Kier alpha value is -3.49. The number of hydrogen-bond acceptors (Lipinski definition) is 5. The zero-order valence-electron chi connectivity index (χ0n) is 20.8. The van der Waals surface area contributed by atoms with Gasteiger partial charge >= 0.3 is 0 Å². The van der Waals surface area contributed by atoms with Crippen molar-refractivity contribution < 1.29 is 9.59 Å². The van der Waals surface area contributed by atoms with Crippen LogP contribution in [-0.2, 0) is 11.8 Å². The summed E-state index contributed by atoms with van der Waals surface area (Å²) in [6.07, 6.45) is 8.80. The summed E-state index contributed by atoms with van der Waals surface area (Å²) in [5.41, 5.74) is 4.71. The molecule has 2 aliphatic rings. The van der Waals surface area contributed by atoms with Crippen molar-refractivity contribution in [1.29, 1.82) is 0 Å². The number of H-pyrrole nitrogens is 1. The fraction of sp³-hybridized carbons (Fsp3) is 0.500. The van der Waals surface area contributed by atoms with Gasteiger partial charge in [-0.25, -0.2) is 0 Å². The summed E-state index contributed by atoms with van der Waals surface area (Å²) in [6, 6.07) is 4.77. The first-order valence-corrected chi connectivity index (χ1v) is 12.3. The van der Waals surface area contributed by atoms with Gasteiger partial charge in [0.1, 0.15) is 11.7 Å². The Bertz CT molecular complexity index is 1220. The molecule has 184 valence electrons. The molecule has 2 fully saturated rings. The molecule has 2 saturated carbocycles. The monoisotopic (exact) mass is 475 g/mol. The number of aromatic amines is 1. The molecule has 0 radical (unpaired) electrons. The molecule has 2 aliphatic carbocycles. The average molecular weight is 476 g/mol. The van der Waals surface area contributed by atoms with Crippen molar-refractivity contribution in [3.63, 3.8) is 0 Å². The van der Waals surface area contributed by atoms with E-state index < -0.39 is 6.04 Å². The smallest absolute Gasteiger partial charge is 0.270 e. The third kappa shape index (κ3) is 4.47. The molecule has 2 amide bonds. The molecule has 0 saturated heterocycles. The van der Waals surface area contributed by atoms with Crippen molar-refractivity contribution in [3.05, 3.63) is 47.7 Å². The van der Waals surface area contributed by atoms with E-state index in [9.17, 15) is 9.59 Å². The molecule has 0 spiro atoms. The van der Waals surface area contributed by atoms with E-state index in [4.69, 9.17) is 0 Å². The van der Waals surface area contributed by atoms with Crippen LogP contribution in [0.15, 0.2) is 30.6 Å². The fourth-order valence-electron chi connectivity index (χ4n) is 5.47. The topological polar surface area (TPSA) is 118 Å². The molecular formula is C26H33N7O2. The molecule has 35 heavy (non-hydrogen) atoms. The molecular weight excluding hydrogens is 442 g/mol. The summed E-state index contributed by atoms with van der Waals surface area (Å²) < 4.78 is 1.53. The van der Waals surface area contributed by atoms with Crippen LogP contribution in [0, 0.1) is 31.1 Å². The van der Waals surface area contributed by atoms with Crippen LogP contribution in [0.5, 0.6) is 0 Å². The van der Waals surface area contributed by atoms with Gasteiger partial charge in [-0.05, 0) is 62.1 Å². The number of rotatable bonds is 8. The Morgan fingerprint density at radius 2 is 1.97 bits per heavy atom. The highest BCUT2D eigenvalue weighted by atomic mass is 16.2. The van der Waals surface area contributed by atoms with Crippen molar-refractivity contribution in [2.45, 2.75) is 58.9 Å². The number of aromatic nitrogens is 5. The Balaban J connectivity index is 1.39. The first-order valence-electron chi connectivity index (χ1n) is 12.3. The second-order valence-electron chi connectivity index (χ2n) is 10.4. The van der Waals surface area contributed by atoms with Crippen molar-refractivity contribution in [2.24, 2.45) is 24.3 Å². The van der Waals surface area contributed by atoms with E-state index in [0.717, 1.165) is 48.3 Å². The van der Waals surface area contributed by atoms with Crippen LogP contribution in [0.4, 0.5) is 5.69 Å². The molecule has 1 unspecified atom stereocenters. The van der Waals surface area contributed by atoms with Crippen LogP contribution in [0.25, 0.3) is 11.3 Å². The average Bonchev–Trinajstić information content (AvgIpc) is 3.23. The SMILES string of the molecule is Cc1n[nH]c(C)c1-c1ccc(NC(=O)[C@@H](NC(=O)c2ccnn2C)C(C2CCC2)C2(C)CC2)cn1. The minimum absolute atomic E-state index is 0.0747. The summed E-state index contributed by atoms with van der Waals surface area (Å²) in [7, 11) is 1.73. The van der Waals surface area contributed by atoms with E-state index in [-0.39, 0.29) is 23.1 Å². The van der Waals surface area contributed by atoms with Crippen LogP contribution in [-0.4, -0.2) is 42.8 Å². The lowest BCUT2D eigenvalue weighted by atomic mass is 9.66. The van der Waals surface area contributed by atoms with Gasteiger partial charge in [-0.15, -0.1) is 0 Å². The summed E-state index contributed by atoms with van der Waals surface area (Å²) in [5, 5.41) is 17.4. The van der Waals surface area contributed by atoms with Crippen LogP contribution in [0.3, 0.4) is 0 Å². The van der Waals surface area contributed by atoms with Crippen LogP contribution < -0.4 is 10.6 Å².